The van der Waals surface area contributed by atoms with Crippen LogP contribution < -0.4 is 0 Å². The number of hydrogen-bond donors (Lipinski definition) is 0. The van der Waals surface area contributed by atoms with Crippen molar-refractivity contribution in [2.24, 2.45) is 0 Å². The van der Waals surface area contributed by atoms with Gasteiger partial charge in [-0.15, -0.1) is 5.10 Å². The van der Waals surface area contributed by atoms with Gasteiger partial charge in [-0.2, -0.15) is 4.68 Å². The van der Waals surface area contributed by atoms with Crippen LogP contribution in [0.5, 0.6) is 0 Å². The highest BCUT2D eigenvalue weighted by molar-refractivity contribution is 9.10. The molecular formula is C19H18BrClN6O. The molecule has 0 bridgehead atoms. The number of benzene rings is 2. The van der Waals surface area contributed by atoms with Crippen molar-refractivity contribution in [1.29, 1.82) is 0 Å². The molecule has 4 rings (SSSR count). The maximum absolute atomic E-state index is 12.7. The van der Waals surface area contributed by atoms with Crippen LogP contribution in [0.4, 0.5) is 0 Å². The van der Waals surface area contributed by atoms with Crippen molar-refractivity contribution in [3.63, 3.8) is 0 Å². The number of amides is 1. The minimum absolute atomic E-state index is 0.0538. The van der Waals surface area contributed by atoms with Gasteiger partial charge in [-0.05, 0) is 62.8 Å². The first-order valence-corrected chi connectivity index (χ1v) is 10.1. The van der Waals surface area contributed by atoms with E-state index in [9.17, 15) is 4.79 Å². The van der Waals surface area contributed by atoms with Crippen molar-refractivity contribution in [2.75, 3.05) is 26.2 Å². The summed E-state index contributed by atoms with van der Waals surface area (Å²) in [4.78, 5) is 16.9. The van der Waals surface area contributed by atoms with E-state index in [1.165, 1.54) is 0 Å². The van der Waals surface area contributed by atoms with E-state index in [0.717, 1.165) is 29.1 Å². The van der Waals surface area contributed by atoms with Crippen LogP contribution in [0, 0.1) is 0 Å². The Bertz CT molecular complexity index is 969. The molecule has 2 aromatic carbocycles. The number of halogens is 2. The van der Waals surface area contributed by atoms with E-state index in [-0.39, 0.29) is 5.91 Å². The number of hydrogen-bond acceptors (Lipinski definition) is 5. The molecule has 28 heavy (non-hydrogen) atoms. The molecule has 2 heterocycles. The molecular weight excluding hydrogens is 444 g/mol. The quantitative estimate of drug-likeness (QED) is 0.597. The number of carbonyl (C=O) groups is 1. The predicted molar refractivity (Wildman–Crippen MR) is 109 cm³/mol. The van der Waals surface area contributed by atoms with Crippen LogP contribution in [0.2, 0.25) is 5.02 Å². The molecule has 0 atom stereocenters. The van der Waals surface area contributed by atoms with E-state index in [1.807, 2.05) is 53.4 Å². The molecule has 0 radical (unpaired) electrons. The summed E-state index contributed by atoms with van der Waals surface area (Å²) in [7, 11) is 0. The van der Waals surface area contributed by atoms with Gasteiger partial charge in [0.15, 0.2) is 5.82 Å². The number of aromatic nitrogens is 4. The third-order valence-electron chi connectivity index (χ3n) is 4.73. The van der Waals surface area contributed by atoms with Crippen LogP contribution in [0.1, 0.15) is 16.2 Å². The second-order valence-corrected chi connectivity index (χ2v) is 7.82. The first kappa shape index (κ1) is 19.0. The summed E-state index contributed by atoms with van der Waals surface area (Å²) in [5.41, 5.74) is 1.56. The fourth-order valence-corrected chi connectivity index (χ4v) is 3.78. The summed E-state index contributed by atoms with van der Waals surface area (Å²) in [6, 6.07) is 14.9. The molecule has 1 saturated heterocycles. The van der Waals surface area contributed by atoms with Crippen LogP contribution in [-0.4, -0.2) is 62.1 Å². The summed E-state index contributed by atoms with van der Waals surface area (Å²) < 4.78 is 2.54. The normalized spacial score (nSPS) is 15.0. The highest BCUT2D eigenvalue weighted by Crippen LogP contribution is 2.19. The maximum Gasteiger partial charge on any atom is 0.255 e. The lowest BCUT2D eigenvalue weighted by Gasteiger charge is -2.34. The molecule has 1 aliphatic rings. The maximum atomic E-state index is 12.7. The first-order chi connectivity index (χ1) is 13.6. The van der Waals surface area contributed by atoms with Crippen molar-refractivity contribution in [2.45, 2.75) is 6.54 Å². The highest BCUT2D eigenvalue weighted by Gasteiger charge is 2.24. The smallest absolute Gasteiger partial charge is 0.255 e. The van der Waals surface area contributed by atoms with Crippen LogP contribution in [-0.2, 0) is 6.54 Å². The standard InChI is InChI=1S/C19H18BrClN6O/c20-17-4-2-1-3-16(17)19(28)26-11-9-25(10-12-26)13-18-22-23-24-27(18)15-7-5-14(21)6-8-15/h1-8H,9-13H2. The summed E-state index contributed by atoms with van der Waals surface area (Å²) in [6.07, 6.45) is 0. The topological polar surface area (TPSA) is 67.2 Å². The molecule has 1 fully saturated rings. The number of tetrazole rings is 1. The minimum atomic E-state index is 0.0538. The highest BCUT2D eigenvalue weighted by atomic mass is 79.9. The van der Waals surface area contributed by atoms with Gasteiger partial charge in [-0.3, -0.25) is 9.69 Å². The molecule has 0 saturated carbocycles. The zero-order valence-electron chi connectivity index (χ0n) is 15.0. The Kier molecular flexibility index (Phi) is 5.70. The third-order valence-corrected chi connectivity index (χ3v) is 5.68. The van der Waals surface area contributed by atoms with Crippen LogP contribution in [0.15, 0.2) is 53.0 Å². The monoisotopic (exact) mass is 460 g/mol. The van der Waals surface area contributed by atoms with Crippen molar-refractivity contribution in [1.82, 2.24) is 30.0 Å². The number of nitrogens with zero attached hydrogens (tertiary/aromatic N) is 6. The Morgan fingerprint density at radius 2 is 1.75 bits per heavy atom. The third kappa shape index (κ3) is 4.09. The fraction of sp³-hybridized carbons (Fsp3) is 0.263. The van der Waals surface area contributed by atoms with Gasteiger partial charge >= 0.3 is 0 Å². The Balaban J connectivity index is 1.39. The Labute approximate surface area is 176 Å². The zero-order chi connectivity index (χ0) is 19.5. The second-order valence-electron chi connectivity index (χ2n) is 6.53. The summed E-state index contributed by atoms with van der Waals surface area (Å²) in [5.74, 6) is 0.811. The average molecular weight is 462 g/mol. The number of carbonyl (C=O) groups excluding carboxylic acids is 1. The molecule has 9 heteroatoms. The van der Waals surface area contributed by atoms with E-state index in [2.05, 4.69) is 36.4 Å². The molecule has 144 valence electrons. The van der Waals surface area contributed by atoms with Gasteiger partial charge in [0, 0.05) is 35.7 Å². The van der Waals surface area contributed by atoms with Gasteiger partial charge in [0.05, 0.1) is 17.8 Å². The lowest BCUT2D eigenvalue weighted by atomic mass is 10.2. The number of piperazine rings is 1. The van der Waals surface area contributed by atoms with Crippen LogP contribution in [0.3, 0.4) is 0 Å². The van der Waals surface area contributed by atoms with Crippen LogP contribution in [0.25, 0.3) is 5.69 Å². The average Bonchev–Trinajstić information content (AvgIpc) is 3.17. The Hall–Kier alpha value is -2.29. The summed E-state index contributed by atoms with van der Waals surface area (Å²) in [6.45, 7) is 3.49. The molecule has 3 aromatic rings. The van der Waals surface area contributed by atoms with E-state index >= 15 is 0 Å². The molecule has 0 unspecified atom stereocenters. The van der Waals surface area contributed by atoms with Gasteiger partial charge in [-0.25, -0.2) is 0 Å². The van der Waals surface area contributed by atoms with Crippen molar-refractivity contribution in [3.8, 4) is 5.69 Å². The van der Waals surface area contributed by atoms with E-state index in [1.54, 1.807) is 4.68 Å². The molecule has 7 nitrogen and oxygen atoms in total. The van der Waals surface area contributed by atoms with E-state index in [0.29, 0.717) is 30.2 Å². The van der Waals surface area contributed by atoms with Gasteiger partial charge in [0.1, 0.15) is 0 Å². The Morgan fingerprint density at radius 1 is 1.04 bits per heavy atom. The molecule has 0 spiro atoms. The molecule has 0 N–H and O–H groups in total. The van der Waals surface area contributed by atoms with Crippen molar-refractivity contribution in [3.05, 3.63) is 69.4 Å². The number of rotatable bonds is 4. The zero-order valence-corrected chi connectivity index (χ0v) is 17.3. The lowest BCUT2D eigenvalue weighted by molar-refractivity contribution is 0.0623. The van der Waals surface area contributed by atoms with Gasteiger partial charge in [-0.1, -0.05) is 23.7 Å². The minimum Gasteiger partial charge on any atom is -0.336 e. The predicted octanol–water partition coefficient (Wildman–Crippen LogP) is 3.04. The molecule has 0 aliphatic carbocycles. The van der Waals surface area contributed by atoms with Crippen molar-refractivity contribution < 1.29 is 4.79 Å². The second kappa shape index (κ2) is 8.38. The summed E-state index contributed by atoms with van der Waals surface area (Å²) >= 11 is 9.42. The molecule has 1 aliphatic heterocycles. The SMILES string of the molecule is O=C(c1ccccc1Br)N1CCN(Cc2nnnn2-c2ccc(Cl)cc2)CC1. The van der Waals surface area contributed by atoms with E-state index < -0.39 is 0 Å². The first-order valence-electron chi connectivity index (χ1n) is 8.91. The Morgan fingerprint density at radius 3 is 2.46 bits per heavy atom. The summed E-state index contributed by atoms with van der Waals surface area (Å²) in [5, 5.41) is 12.7. The van der Waals surface area contributed by atoms with Gasteiger partial charge in [0.2, 0.25) is 0 Å². The van der Waals surface area contributed by atoms with E-state index in [4.69, 9.17) is 11.6 Å². The largest absolute Gasteiger partial charge is 0.336 e. The molecule has 1 amide bonds. The van der Waals surface area contributed by atoms with Crippen molar-refractivity contribution >= 4 is 33.4 Å². The van der Waals surface area contributed by atoms with Gasteiger partial charge in [0.25, 0.3) is 5.91 Å². The fourth-order valence-electron chi connectivity index (χ4n) is 3.20. The van der Waals surface area contributed by atoms with Crippen LogP contribution >= 0.6 is 27.5 Å². The lowest BCUT2D eigenvalue weighted by Crippen LogP contribution is -2.48. The van der Waals surface area contributed by atoms with Gasteiger partial charge < -0.3 is 4.90 Å². The molecule has 1 aromatic heterocycles.